The number of nitrogens with zero attached hydrogens (tertiary/aromatic N) is 5. The van der Waals surface area contributed by atoms with Crippen LogP contribution in [-0.2, 0) is 10.2 Å². The molecule has 3 aromatic rings. The van der Waals surface area contributed by atoms with E-state index in [-0.39, 0.29) is 35.3 Å². The van der Waals surface area contributed by atoms with Gasteiger partial charge in [-0.25, -0.2) is 25.2 Å². The molecule has 218 valence electrons. The molecule has 17 heteroatoms. The maximum Gasteiger partial charge on any atom is 0.399 e. The van der Waals surface area contributed by atoms with E-state index in [4.69, 9.17) is 10.9 Å². The van der Waals surface area contributed by atoms with E-state index in [1.54, 1.807) is 13.0 Å². The van der Waals surface area contributed by atoms with Gasteiger partial charge in [-0.2, -0.15) is 13.2 Å². The number of nitrogens with two attached hydrogens (primary N) is 1. The molecule has 1 aliphatic heterocycles. The quantitative estimate of drug-likeness (QED) is 0.203. The van der Waals surface area contributed by atoms with Crippen LogP contribution in [0.1, 0.15) is 42.0 Å². The number of likely N-dealkylation sites (tertiary alicyclic amines) is 1. The molecule has 4 heterocycles. The van der Waals surface area contributed by atoms with Gasteiger partial charge in [-0.1, -0.05) is 11.3 Å². The van der Waals surface area contributed by atoms with Gasteiger partial charge in [-0.3, -0.25) is 25.1 Å². The highest BCUT2D eigenvalue weighted by atomic mass is 32.1. The molecular weight excluding hydrogens is 567 g/mol. The number of primary amides is 1. The van der Waals surface area contributed by atoms with Crippen molar-refractivity contribution < 1.29 is 32.8 Å². The van der Waals surface area contributed by atoms with Crippen LogP contribution in [0.3, 0.4) is 0 Å². The highest BCUT2D eigenvalue weighted by Gasteiger charge is 2.49. The number of urea groups is 1. The van der Waals surface area contributed by atoms with Gasteiger partial charge in [0.1, 0.15) is 11.5 Å². The van der Waals surface area contributed by atoms with Crippen LogP contribution in [0.25, 0.3) is 10.4 Å². The van der Waals surface area contributed by atoms with Crippen LogP contribution >= 0.6 is 11.3 Å². The number of aromatic nitrogens is 4. The van der Waals surface area contributed by atoms with Crippen molar-refractivity contribution in [1.29, 1.82) is 0 Å². The van der Waals surface area contributed by atoms with Crippen molar-refractivity contribution in [2.45, 2.75) is 50.9 Å². The average Bonchev–Trinajstić information content (AvgIpc) is 3.51. The summed E-state index contributed by atoms with van der Waals surface area (Å²) in [5, 5.41) is 14.5. The Morgan fingerprint density at radius 2 is 1.85 bits per heavy atom. The fourth-order valence-electron chi connectivity index (χ4n) is 4.14. The van der Waals surface area contributed by atoms with Gasteiger partial charge in [-0.15, -0.1) is 0 Å². The summed E-state index contributed by atoms with van der Waals surface area (Å²) in [5.74, 6) is -1.39. The Balaban J connectivity index is 1.48. The largest absolute Gasteiger partial charge is 0.399 e. The molecule has 41 heavy (non-hydrogen) atoms. The number of hydrogen-bond acceptors (Lipinski definition) is 10. The third-order valence-corrected chi connectivity index (χ3v) is 7.74. The lowest BCUT2D eigenvalue weighted by Gasteiger charge is -2.27. The van der Waals surface area contributed by atoms with Gasteiger partial charge in [0.05, 0.1) is 21.8 Å². The highest BCUT2D eigenvalue weighted by Crippen LogP contribution is 2.41. The Morgan fingerprint density at radius 1 is 1.17 bits per heavy atom. The molecule has 6 N–H and O–H groups in total. The third-order valence-electron chi connectivity index (χ3n) is 6.62. The fraction of sp³-hybridized carbons (Fsp3) is 0.375. The summed E-state index contributed by atoms with van der Waals surface area (Å²) in [6.07, 6.45) is -0.689. The first-order valence-electron chi connectivity index (χ1n) is 12.1. The monoisotopic (exact) mass is 593 g/mol. The number of amides is 4. The van der Waals surface area contributed by atoms with E-state index in [0.717, 1.165) is 25.2 Å². The van der Waals surface area contributed by atoms with Crippen LogP contribution in [0.5, 0.6) is 0 Å². The number of thiazole rings is 1. The van der Waals surface area contributed by atoms with E-state index in [2.05, 4.69) is 30.6 Å². The van der Waals surface area contributed by atoms with Crippen LogP contribution in [0.15, 0.2) is 30.7 Å². The van der Waals surface area contributed by atoms with E-state index < -0.39 is 41.5 Å². The summed E-state index contributed by atoms with van der Waals surface area (Å²) in [5.41, 5.74) is 5.64. The number of halogens is 3. The maximum atomic E-state index is 13.6. The number of hydroxylamine groups is 1. The van der Waals surface area contributed by atoms with Gasteiger partial charge in [0.2, 0.25) is 11.9 Å². The Hall–Kier alpha value is -4.38. The molecule has 4 rings (SSSR count). The Bertz CT molecular complexity index is 1460. The van der Waals surface area contributed by atoms with Gasteiger partial charge < -0.3 is 16.0 Å². The van der Waals surface area contributed by atoms with Crippen molar-refractivity contribution in [2.24, 2.45) is 5.73 Å². The van der Waals surface area contributed by atoms with Crippen molar-refractivity contribution in [3.05, 3.63) is 47.7 Å². The zero-order valence-corrected chi connectivity index (χ0v) is 22.8. The van der Waals surface area contributed by atoms with Crippen molar-refractivity contribution in [1.82, 2.24) is 30.3 Å². The van der Waals surface area contributed by atoms with Crippen LogP contribution in [0, 0.1) is 6.92 Å². The SMILES string of the molecule is Cc1nc(NC(=O)N2C[C@H](Nc3ncc(C(=O)NO)cn3)C[C@H]2C(N)=O)sc1-c1ccnc(C(C)(C)C(F)(F)F)c1. The number of aryl methyl sites for hydroxylation is 1. The minimum absolute atomic E-state index is 0.0191. The van der Waals surface area contributed by atoms with Gasteiger partial charge in [0.25, 0.3) is 5.91 Å². The second kappa shape index (κ2) is 11.2. The predicted molar refractivity (Wildman–Crippen MR) is 141 cm³/mol. The van der Waals surface area contributed by atoms with Crippen molar-refractivity contribution in [3.63, 3.8) is 0 Å². The molecule has 4 amide bonds. The number of nitrogens with one attached hydrogen (secondary N) is 3. The minimum atomic E-state index is -4.51. The van der Waals surface area contributed by atoms with Gasteiger partial charge in [0, 0.05) is 31.2 Å². The highest BCUT2D eigenvalue weighted by molar-refractivity contribution is 7.19. The van der Waals surface area contributed by atoms with Crippen LogP contribution in [-0.4, -0.2) is 72.7 Å². The van der Waals surface area contributed by atoms with E-state index >= 15 is 0 Å². The molecule has 0 aromatic carbocycles. The number of carbonyl (C=O) groups excluding carboxylic acids is 3. The zero-order chi connectivity index (χ0) is 30.1. The summed E-state index contributed by atoms with van der Waals surface area (Å²) in [6, 6.07) is 0.844. The average molecular weight is 594 g/mol. The lowest BCUT2D eigenvalue weighted by atomic mass is 9.87. The molecule has 3 aromatic heterocycles. The van der Waals surface area contributed by atoms with Gasteiger partial charge in [0.15, 0.2) is 5.13 Å². The van der Waals surface area contributed by atoms with Crippen molar-refractivity contribution >= 4 is 40.3 Å². The Morgan fingerprint density at radius 3 is 2.46 bits per heavy atom. The van der Waals surface area contributed by atoms with Crippen molar-refractivity contribution in [3.8, 4) is 10.4 Å². The molecule has 0 unspecified atom stereocenters. The number of alkyl halides is 3. The van der Waals surface area contributed by atoms with Crippen LogP contribution < -0.4 is 21.8 Å². The number of carbonyl (C=O) groups is 3. The fourth-order valence-corrected chi connectivity index (χ4v) is 5.09. The molecule has 0 saturated carbocycles. The molecule has 13 nitrogen and oxygen atoms in total. The first-order chi connectivity index (χ1) is 19.2. The molecule has 2 atom stereocenters. The minimum Gasteiger partial charge on any atom is -0.368 e. The molecule has 0 bridgehead atoms. The number of hydrogen-bond donors (Lipinski definition) is 5. The predicted octanol–water partition coefficient (Wildman–Crippen LogP) is 2.83. The van der Waals surface area contributed by atoms with Crippen LogP contribution in [0.2, 0.25) is 0 Å². The summed E-state index contributed by atoms with van der Waals surface area (Å²) in [6.45, 7) is 3.82. The smallest absolute Gasteiger partial charge is 0.368 e. The summed E-state index contributed by atoms with van der Waals surface area (Å²) in [4.78, 5) is 54.7. The van der Waals surface area contributed by atoms with E-state index in [9.17, 15) is 27.6 Å². The summed E-state index contributed by atoms with van der Waals surface area (Å²) in [7, 11) is 0. The standard InChI is InChI=1S/C24H26F3N9O4S/c1-11-17(12-4-5-29-16(6-12)23(2,3)24(25,26)27)41-21(32-11)34-22(39)36-10-14(7-15(36)18(28)37)33-20-30-8-13(9-31-20)19(38)35-40/h4-6,8-9,14-15,40H,7,10H2,1-3H3,(H2,28,37)(H,35,38)(H,30,31,33)(H,32,34,39)/t14-,15+/m1/s1. The lowest BCUT2D eigenvalue weighted by molar-refractivity contribution is -0.181. The lowest BCUT2D eigenvalue weighted by Crippen LogP contribution is -2.45. The second-order valence-electron chi connectivity index (χ2n) is 9.80. The second-order valence-corrected chi connectivity index (χ2v) is 10.8. The maximum absolute atomic E-state index is 13.6. The van der Waals surface area contributed by atoms with E-state index in [0.29, 0.717) is 16.1 Å². The van der Waals surface area contributed by atoms with Gasteiger partial charge in [-0.05, 0) is 44.9 Å². The number of pyridine rings is 1. The van der Waals surface area contributed by atoms with Gasteiger partial charge >= 0.3 is 12.2 Å². The molecule has 0 aliphatic carbocycles. The normalized spacial score (nSPS) is 17.3. The van der Waals surface area contributed by atoms with E-state index in [1.165, 1.54) is 35.0 Å². The molecule has 1 aliphatic rings. The molecule has 1 saturated heterocycles. The molecule has 0 spiro atoms. The van der Waals surface area contributed by atoms with Crippen molar-refractivity contribution in [2.75, 3.05) is 17.2 Å². The number of rotatable bonds is 7. The number of anilines is 2. The topological polar surface area (TPSA) is 188 Å². The van der Waals surface area contributed by atoms with E-state index in [1.807, 2.05) is 0 Å². The first kappa shape index (κ1) is 29.6. The Kier molecular flexibility index (Phi) is 8.12. The molecule has 1 fully saturated rings. The summed E-state index contributed by atoms with van der Waals surface area (Å²) < 4.78 is 40.7. The first-order valence-corrected chi connectivity index (χ1v) is 12.9. The van der Waals surface area contributed by atoms with Crippen LogP contribution in [0.4, 0.5) is 29.0 Å². The zero-order valence-electron chi connectivity index (χ0n) is 22.0. The Labute approximate surface area is 235 Å². The summed E-state index contributed by atoms with van der Waals surface area (Å²) >= 11 is 1.06. The third kappa shape index (κ3) is 6.19. The molecular formula is C24H26F3N9O4S. The molecule has 0 radical (unpaired) electrons.